The third-order valence-electron chi connectivity index (χ3n) is 4.62. The molecule has 0 spiro atoms. The van der Waals surface area contributed by atoms with Gasteiger partial charge in [0.2, 0.25) is 0 Å². The van der Waals surface area contributed by atoms with Crippen LogP contribution in [0.5, 0.6) is 0 Å². The second kappa shape index (κ2) is 17.7. The molecule has 0 aromatic carbocycles. The predicted octanol–water partition coefficient (Wildman–Crippen LogP) is 2.11. The molecule has 152 valence electrons. The molecule has 1 N–H and O–H groups in total. The topological polar surface area (TPSA) is 37.3 Å². The molecule has 0 aliphatic carbocycles. The third-order valence-corrected chi connectivity index (χ3v) is 4.62. The van der Waals surface area contributed by atoms with Crippen LogP contribution in [0, 0.1) is 0 Å². The van der Waals surface area contributed by atoms with Crippen LogP contribution in [-0.2, 0) is 4.79 Å². The van der Waals surface area contributed by atoms with E-state index in [4.69, 9.17) is 0 Å². The van der Waals surface area contributed by atoms with E-state index in [2.05, 4.69) is 6.92 Å². The molecule has 0 bridgehead atoms. The smallest absolute Gasteiger partial charge is 0.167 e. The van der Waals surface area contributed by atoms with Gasteiger partial charge in [-0.2, -0.15) is 0 Å². The Bertz CT molecular complexity index is 303. The minimum absolute atomic E-state index is 0. The number of nitrogens with zero attached hydrogens (tertiary/aromatic N) is 1. The van der Waals surface area contributed by atoms with Gasteiger partial charge in [-0.3, -0.25) is 4.79 Å². The predicted molar refractivity (Wildman–Crippen MR) is 104 cm³/mol. The van der Waals surface area contributed by atoms with Gasteiger partial charge in [-0.05, 0) is 6.42 Å². The maximum absolute atomic E-state index is 11.9. The summed E-state index contributed by atoms with van der Waals surface area (Å²) in [4.78, 5) is 11.9. The second-order valence-electron chi connectivity index (χ2n) is 8.45. The molecular weight excluding hydrogens is 425 g/mol. The molecule has 0 rings (SSSR count). The zero-order valence-corrected chi connectivity index (χ0v) is 19.5. The Kier molecular flexibility index (Phi) is 19.5. The number of hydrogen-bond donors (Lipinski definition) is 1. The Labute approximate surface area is 174 Å². The van der Waals surface area contributed by atoms with Gasteiger partial charge in [0.1, 0.15) is 6.54 Å². The number of rotatable bonds is 17. The molecule has 4 heteroatoms. The van der Waals surface area contributed by atoms with Gasteiger partial charge < -0.3 is 33.6 Å². The first-order valence-electron chi connectivity index (χ1n) is 10.4. The molecule has 0 aromatic heterocycles. The fourth-order valence-electron chi connectivity index (χ4n) is 3.10. The van der Waals surface area contributed by atoms with E-state index in [0.717, 1.165) is 12.8 Å². The van der Waals surface area contributed by atoms with Crippen LogP contribution in [0.2, 0.25) is 0 Å². The van der Waals surface area contributed by atoms with Crippen molar-refractivity contribution in [3.63, 3.8) is 0 Å². The minimum Gasteiger partial charge on any atom is -1.00 e. The van der Waals surface area contributed by atoms with Crippen LogP contribution in [0.3, 0.4) is 0 Å². The number of Topliss-reactive ketones (excluding diaryl/α,β-unsaturated/α-hetero) is 1. The largest absolute Gasteiger partial charge is 1.00 e. The summed E-state index contributed by atoms with van der Waals surface area (Å²) in [5, 5.41) is 9.88. The molecule has 0 radical (unpaired) electrons. The van der Waals surface area contributed by atoms with E-state index in [9.17, 15) is 9.90 Å². The zero-order chi connectivity index (χ0) is 18.3. The average Bonchev–Trinajstić information content (AvgIpc) is 2.50. The number of carbonyl (C=O) groups excluding carboxylic acids is 1. The molecule has 0 amide bonds. The number of hydrogen-bond acceptors (Lipinski definition) is 2. The number of halogens is 1. The van der Waals surface area contributed by atoms with Crippen molar-refractivity contribution >= 4 is 5.78 Å². The monoisotopic (exact) mass is 469 g/mol. The highest BCUT2D eigenvalue weighted by Crippen LogP contribution is 2.13. The van der Waals surface area contributed by atoms with Crippen molar-refractivity contribution in [1.82, 2.24) is 0 Å². The Hall–Kier alpha value is 0.320. The van der Waals surface area contributed by atoms with Crippen LogP contribution >= 0.6 is 0 Å². The van der Waals surface area contributed by atoms with E-state index in [1.807, 2.05) is 21.1 Å². The fourth-order valence-corrected chi connectivity index (χ4v) is 3.10. The number of aliphatic hydroxyl groups is 1. The highest BCUT2D eigenvalue weighted by molar-refractivity contribution is 5.82. The van der Waals surface area contributed by atoms with Gasteiger partial charge in [0, 0.05) is 6.42 Å². The molecule has 0 saturated heterocycles. The molecule has 0 aromatic rings. The van der Waals surface area contributed by atoms with Crippen LogP contribution in [0.15, 0.2) is 0 Å². The summed E-state index contributed by atoms with van der Waals surface area (Å²) < 4.78 is 0.630. The van der Waals surface area contributed by atoms with Crippen molar-refractivity contribution in [3.05, 3.63) is 0 Å². The fraction of sp³-hybridized carbons (Fsp3) is 0.952. The zero-order valence-electron chi connectivity index (χ0n) is 17.4. The lowest BCUT2D eigenvalue weighted by Gasteiger charge is -2.26. The van der Waals surface area contributed by atoms with Gasteiger partial charge in [0.15, 0.2) is 11.9 Å². The van der Waals surface area contributed by atoms with Crippen LogP contribution < -0.4 is 24.0 Å². The van der Waals surface area contributed by atoms with Gasteiger partial charge in [0.05, 0.1) is 21.1 Å². The average molecular weight is 469 g/mol. The van der Waals surface area contributed by atoms with Crippen LogP contribution in [0.4, 0.5) is 0 Å². The van der Waals surface area contributed by atoms with Crippen molar-refractivity contribution in [2.45, 2.75) is 103 Å². The second-order valence-corrected chi connectivity index (χ2v) is 8.45. The van der Waals surface area contributed by atoms with Crippen LogP contribution in [-0.4, -0.2) is 49.2 Å². The summed E-state index contributed by atoms with van der Waals surface area (Å²) in [6, 6.07) is 0. The molecule has 1 unspecified atom stereocenters. The first-order chi connectivity index (χ1) is 11.4. The maximum atomic E-state index is 11.9. The van der Waals surface area contributed by atoms with Crippen molar-refractivity contribution < 1.29 is 38.4 Å². The van der Waals surface area contributed by atoms with Gasteiger partial charge in [-0.1, -0.05) is 84.0 Å². The third kappa shape index (κ3) is 20.5. The van der Waals surface area contributed by atoms with Gasteiger partial charge >= 0.3 is 0 Å². The minimum atomic E-state index is -0.790. The lowest BCUT2D eigenvalue weighted by molar-refractivity contribution is -0.872. The highest BCUT2D eigenvalue weighted by Gasteiger charge is 2.21. The lowest BCUT2D eigenvalue weighted by atomic mass is 10.0. The van der Waals surface area contributed by atoms with Crippen molar-refractivity contribution in [2.24, 2.45) is 0 Å². The summed E-state index contributed by atoms with van der Waals surface area (Å²) in [7, 11) is 6.01. The number of ketones is 1. The van der Waals surface area contributed by atoms with Crippen LogP contribution in [0.25, 0.3) is 0 Å². The van der Waals surface area contributed by atoms with E-state index >= 15 is 0 Å². The molecule has 0 aliphatic heterocycles. The summed E-state index contributed by atoms with van der Waals surface area (Å²) in [6.07, 6.45) is 16.8. The Balaban J connectivity index is 0. The Morgan fingerprint density at radius 1 is 0.760 bits per heavy atom. The summed E-state index contributed by atoms with van der Waals surface area (Å²) in [6.45, 7) is 2.78. The molecule has 0 aliphatic rings. The molecule has 1 atom stereocenters. The van der Waals surface area contributed by atoms with Crippen molar-refractivity contribution in [1.29, 1.82) is 0 Å². The normalized spacial score (nSPS) is 12.7. The van der Waals surface area contributed by atoms with Gasteiger partial charge in [-0.15, -0.1) is 0 Å². The quantitative estimate of drug-likeness (QED) is 0.201. The molecule has 0 saturated carbocycles. The van der Waals surface area contributed by atoms with E-state index in [-0.39, 0.29) is 29.8 Å². The standard InChI is InChI=1S/C21H44NO2.HI/c1-5-6-7-8-9-10-11-12-13-14-15-16-17-18-20(23)21(24)19-22(2,3)4;/h21,24H,5-19H2,1-4H3;1H/q+1;/p-1. The SMILES string of the molecule is CCCCCCCCCCCCCCCC(=O)C(O)C[N+](C)(C)C.[I-]. The van der Waals surface area contributed by atoms with Gasteiger partial charge in [-0.25, -0.2) is 0 Å². The number of carbonyl (C=O) groups is 1. The molecule has 0 heterocycles. The first-order valence-corrected chi connectivity index (χ1v) is 10.4. The Morgan fingerprint density at radius 2 is 1.12 bits per heavy atom. The van der Waals surface area contributed by atoms with E-state index in [1.165, 1.54) is 70.6 Å². The van der Waals surface area contributed by atoms with E-state index in [1.54, 1.807) is 0 Å². The summed E-state index contributed by atoms with van der Waals surface area (Å²) >= 11 is 0. The highest BCUT2D eigenvalue weighted by atomic mass is 127. The number of likely N-dealkylation sites (N-methyl/N-ethyl adjacent to an activating group) is 1. The van der Waals surface area contributed by atoms with Crippen molar-refractivity contribution in [3.8, 4) is 0 Å². The number of quaternary nitrogens is 1. The maximum Gasteiger partial charge on any atom is 0.167 e. The van der Waals surface area contributed by atoms with E-state index < -0.39 is 6.10 Å². The number of aliphatic hydroxyl groups excluding tert-OH is 1. The number of unbranched alkanes of at least 4 members (excludes halogenated alkanes) is 12. The van der Waals surface area contributed by atoms with Gasteiger partial charge in [0.25, 0.3) is 0 Å². The first kappa shape index (κ1) is 27.5. The van der Waals surface area contributed by atoms with Crippen molar-refractivity contribution in [2.75, 3.05) is 27.7 Å². The van der Waals surface area contributed by atoms with E-state index in [0.29, 0.717) is 17.4 Å². The summed E-state index contributed by atoms with van der Waals surface area (Å²) in [5.41, 5.74) is 0. The molecule has 3 nitrogen and oxygen atoms in total. The molecular formula is C21H44INO2. The molecule has 0 fully saturated rings. The van der Waals surface area contributed by atoms with Crippen LogP contribution in [0.1, 0.15) is 96.8 Å². The lowest BCUT2D eigenvalue weighted by Crippen LogP contribution is -3.00. The Morgan fingerprint density at radius 3 is 1.48 bits per heavy atom. The molecule has 25 heavy (non-hydrogen) atoms. The summed E-state index contributed by atoms with van der Waals surface area (Å²) in [5.74, 6) is 0.0196.